The van der Waals surface area contributed by atoms with Gasteiger partial charge in [-0.2, -0.15) is 0 Å². The maximum absolute atomic E-state index is 12.6. The van der Waals surface area contributed by atoms with Crippen molar-refractivity contribution in [2.24, 2.45) is 0 Å². The Hall–Kier alpha value is -3.59. The number of halogens is 3. The number of pyridine rings is 1. The van der Waals surface area contributed by atoms with Gasteiger partial charge in [-0.15, -0.1) is 13.2 Å². The summed E-state index contributed by atoms with van der Waals surface area (Å²) < 4.78 is 53.6. The van der Waals surface area contributed by atoms with E-state index in [9.17, 15) is 23.1 Å². The number of nitrogens with zero attached hydrogens (tertiary/aromatic N) is 1. The van der Waals surface area contributed by atoms with Crippen LogP contribution in [0.1, 0.15) is 54.2 Å². The molecule has 1 heterocycles. The van der Waals surface area contributed by atoms with Crippen LogP contribution in [0.5, 0.6) is 11.5 Å². The largest absolute Gasteiger partial charge is 0.573 e. The Morgan fingerprint density at radius 3 is 2.19 bits per heavy atom. The summed E-state index contributed by atoms with van der Waals surface area (Å²) in [5.41, 5.74) is 2.84. The van der Waals surface area contributed by atoms with Crippen molar-refractivity contribution in [3.05, 3.63) is 88.7 Å². The predicted molar refractivity (Wildman–Crippen MR) is 131 cm³/mol. The van der Waals surface area contributed by atoms with Crippen LogP contribution in [0.25, 0.3) is 0 Å². The first kappa shape index (κ1) is 28.0. The van der Waals surface area contributed by atoms with E-state index in [1.54, 1.807) is 30.6 Å². The summed E-state index contributed by atoms with van der Waals surface area (Å²) in [6.07, 6.45) is -0.634. The number of carboxylic acid groups (broad SMARTS) is 1. The summed E-state index contributed by atoms with van der Waals surface area (Å²) in [5, 5.41) is 9.39. The van der Waals surface area contributed by atoms with Gasteiger partial charge in [0.1, 0.15) is 11.5 Å². The zero-order chi connectivity index (χ0) is 27.2. The van der Waals surface area contributed by atoms with Gasteiger partial charge in [-0.1, -0.05) is 30.3 Å². The monoisotopic (exact) mass is 517 g/mol. The van der Waals surface area contributed by atoms with E-state index in [0.717, 1.165) is 27.8 Å². The highest BCUT2D eigenvalue weighted by Crippen LogP contribution is 2.32. The Bertz CT molecular complexity index is 1170. The molecule has 0 aliphatic carbocycles. The van der Waals surface area contributed by atoms with Crippen molar-refractivity contribution in [3.8, 4) is 11.5 Å². The van der Waals surface area contributed by atoms with Crippen molar-refractivity contribution >= 4 is 5.97 Å². The van der Waals surface area contributed by atoms with E-state index in [4.69, 9.17) is 9.47 Å². The SMILES string of the molecule is Cc1cc(CCC(OCc2cccnc2)c2ccc(OC(F)(F)F)cc2)cc(C)c1OC(C)(C)C(=O)O. The standard InChI is InChI=1S/C28H30F3NO5/c1-18-14-20(15-19(2)25(18)37-27(3,4)26(33)34)7-12-24(35-17-21-6-5-13-32-16-21)22-8-10-23(11-9-22)36-28(29,30)31/h5-6,8-11,13-16,24H,7,12,17H2,1-4H3,(H,33,34). The molecule has 0 radical (unpaired) electrons. The van der Waals surface area contributed by atoms with Crippen LogP contribution >= 0.6 is 0 Å². The molecule has 1 N–H and O–H groups in total. The molecule has 3 aromatic rings. The molecule has 6 nitrogen and oxygen atoms in total. The van der Waals surface area contributed by atoms with Gasteiger partial charge < -0.3 is 19.3 Å². The average molecular weight is 518 g/mol. The van der Waals surface area contributed by atoms with Crippen LogP contribution < -0.4 is 9.47 Å². The van der Waals surface area contributed by atoms with Crippen molar-refractivity contribution in [2.75, 3.05) is 0 Å². The molecular formula is C28H30F3NO5. The van der Waals surface area contributed by atoms with Crippen LogP contribution in [0.2, 0.25) is 0 Å². The number of aryl methyl sites for hydroxylation is 3. The minimum absolute atomic E-state index is 0.286. The second-order valence-electron chi connectivity index (χ2n) is 9.29. The minimum atomic E-state index is -4.76. The Morgan fingerprint density at radius 2 is 1.65 bits per heavy atom. The molecule has 1 unspecified atom stereocenters. The Morgan fingerprint density at radius 1 is 1.00 bits per heavy atom. The average Bonchev–Trinajstić information content (AvgIpc) is 2.82. The molecule has 0 spiro atoms. The molecule has 0 aliphatic rings. The van der Waals surface area contributed by atoms with Crippen LogP contribution in [0.15, 0.2) is 60.9 Å². The van der Waals surface area contributed by atoms with E-state index < -0.39 is 24.0 Å². The van der Waals surface area contributed by atoms with E-state index in [1.807, 2.05) is 32.0 Å². The molecule has 198 valence electrons. The fourth-order valence-corrected chi connectivity index (χ4v) is 3.85. The second kappa shape index (κ2) is 11.6. The van der Waals surface area contributed by atoms with E-state index in [0.29, 0.717) is 18.6 Å². The molecular weight excluding hydrogens is 487 g/mol. The Kier molecular flexibility index (Phi) is 8.81. The van der Waals surface area contributed by atoms with Gasteiger partial charge in [0.15, 0.2) is 5.60 Å². The lowest BCUT2D eigenvalue weighted by atomic mass is 9.97. The molecule has 1 atom stereocenters. The summed E-state index contributed by atoms with van der Waals surface area (Å²) in [6.45, 7) is 7.00. The molecule has 2 aromatic carbocycles. The summed E-state index contributed by atoms with van der Waals surface area (Å²) in [6, 6.07) is 13.2. The highest BCUT2D eigenvalue weighted by Gasteiger charge is 2.31. The summed E-state index contributed by atoms with van der Waals surface area (Å²) >= 11 is 0. The van der Waals surface area contributed by atoms with Crippen LogP contribution in [0.4, 0.5) is 13.2 Å². The maximum atomic E-state index is 12.6. The highest BCUT2D eigenvalue weighted by molar-refractivity contribution is 5.77. The quantitative estimate of drug-likeness (QED) is 0.304. The molecule has 1 aromatic heterocycles. The predicted octanol–water partition coefficient (Wildman–Crippen LogP) is 6.73. The van der Waals surface area contributed by atoms with Gasteiger partial charge in [-0.25, -0.2) is 4.79 Å². The summed E-state index contributed by atoms with van der Waals surface area (Å²) in [7, 11) is 0. The molecule has 3 rings (SSSR count). The lowest BCUT2D eigenvalue weighted by molar-refractivity contribution is -0.274. The number of benzene rings is 2. The number of alkyl halides is 3. The number of aliphatic carboxylic acids is 1. The number of rotatable bonds is 11. The molecule has 0 aliphatic heterocycles. The molecule has 37 heavy (non-hydrogen) atoms. The van der Waals surface area contributed by atoms with Gasteiger partial charge in [0.2, 0.25) is 0 Å². The normalized spacial score (nSPS) is 12.7. The first-order chi connectivity index (χ1) is 17.3. The Labute approximate surface area is 214 Å². The van der Waals surface area contributed by atoms with Crippen LogP contribution in [-0.4, -0.2) is 28.0 Å². The highest BCUT2D eigenvalue weighted by atomic mass is 19.4. The Balaban J connectivity index is 1.77. The number of ether oxygens (including phenoxy) is 3. The molecule has 0 saturated heterocycles. The van der Waals surface area contributed by atoms with E-state index in [2.05, 4.69) is 9.72 Å². The molecule has 0 saturated carbocycles. The van der Waals surface area contributed by atoms with Crippen molar-refractivity contribution in [3.63, 3.8) is 0 Å². The number of carbonyl (C=O) groups is 1. The third kappa shape index (κ3) is 8.21. The van der Waals surface area contributed by atoms with E-state index >= 15 is 0 Å². The van der Waals surface area contributed by atoms with Gasteiger partial charge in [0.25, 0.3) is 0 Å². The molecule has 0 fully saturated rings. The van der Waals surface area contributed by atoms with Crippen molar-refractivity contribution < 1.29 is 37.3 Å². The second-order valence-corrected chi connectivity index (χ2v) is 9.29. The van der Waals surface area contributed by atoms with Crippen molar-refractivity contribution in [2.45, 2.75) is 65.2 Å². The van der Waals surface area contributed by atoms with Crippen molar-refractivity contribution in [1.82, 2.24) is 4.98 Å². The molecule has 9 heteroatoms. The van der Waals surface area contributed by atoms with Crippen LogP contribution in [-0.2, 0) is 22.6 Å². The number of carboxylic acids is 1. The fraction of sp³-hybridized carbons (Fsp3) is 0.357. The molecule has 0 bridgehead atoms. The maximum Gasteiger partial charge on any atom is 0.573 e. The smallest absolute Gasteiger partial charge is 0.478 e. The fourth-order valence-electron chi connectivity index (χ4n) is 3.85. The van der Waals surface area contributed by atoms with Gasteiger partial charge >= 0.3 is 12.3 Å². The van der Waals surface area contributed by atoms with Gasteiger partial charge in [0, 0.05) is 12.4 Å². The number of hydrogen-bond acceptors (Lipinski definition) is 5. The lowest BCUT2D eigenvalue weighted by Crippen LogP contribution is -2.38. The first-order valence-corrected chi connectivity index (χ1v) is 11.7. The minimum Gasteiger partial charge on any atom is -0.478 e. The topological polar surface area (TPSA) is 77.9 Å². The van der Waals surface area contributed by atoms with Crippen LogP contribution in [0.3, 0.4) is 0 Å². The third-order valence-corrected chi connectivity index (χ3v) is 5.75. The first-order valence-electron chi connectivity index (χ1n) is 11.7. The number of aromatic nitrogens is 1. The summed E-state index contributed by atoms with van der Waals surface area (Å²) in [5.74, 6) is -0.829. The zero-order valence-electron chi connectivity index (χ0n) is 21.1. The zero-order valence-corrected chi connectivity index (χ0v) is 21.1. The van der Waals surface area contributed by atoms with E-state index in [1.165, 1.54) is 26.0 Å². The van der Waals surface area contributed by atoms with Crippen molar-refractivity contribution in [1.29, 1.82) is 0 Å². The van der Waals surface area contributed by atoms with Gasteiger partial charge in [0.05, 0.1) is 12.7 Å². The van der Waals surface area contributed by atoms with Gasteiger partial charge in [-0.05, 0) is 86.6 Å². The third-order valence-electron chi connectivity index (χ3n) is 5.75. The number of hydrogen-bond donors (Lipinski definition) is 1. The van der Waals surface area contributed by atoms with Gasteiger partial charge in [-0.3, -0.25) is 4.98 Å². The molecule has 0 amide bonds. The van der Waals surface area contributed by atoms with Crippen LogP contribution in [0, 0.1) is 13.8 Å². The van der Waals surface area contributed by atoms with E-state index in [-0.39, 0.29) is 12.4 Å². The summed E-state index contributed by atoms with van der Waals surface area (Å²) in [4.78, 5) is 15.6. The lowest BCUT2D eigenvalue weighted by Gasteiger charge is -2.25.